The molecule has 0 saturated heterocycles. The van der Waals surface area contributed by atoms with Crippen LogP contribution in [0.25, 0.3) is 0 Å². The number of aliphatic carboxylic acids is 2. The average molecular weight is 437 g/mol. The van der Waals surface area contributed by atoms with Gasteiger partial charge in [0.15, 0.2) is 0 Å². The third-order valence-corrected chi connectivity index (χ3v) is 1.58. The van der Waals surface area contributed by atoms with Crippen LogP contribution in [0.15, 0.2) is 48.5 Å². The van der Waals surface area contributed by atoms with Crippen molar-refractivity contribution >= 4 is 11.9 Å². The van der Waals surface area contributed by atoms with Crippen LogP contribution in [0.4, 0.5) is 0 Å². The van der Waals surface area contributed by atoms with Crippen LogP contribution in [0.1, 0.15) is 41.5 Å². The van der Waals surface area contributed by atoms with Gasteiger partial charge in [-0.3, -0.25) is 9.59 Å². The number of hydrogen-bond donors (Lipinski definition) is 2. The Bertz CT molecular complexity index is 473. The molecule has 0 aliphatic carbocycles. The van der Waals surface area contributed by atoms with Gasteiger partial charge in [0.25, 0.3) is 11.9 Å². The molecule has 2 N–H and O–H groups in total. The van der Waals surface area contributed by atoms with Gasteiger partial charge in [-0.25, -0.2) is 0 Å². The molecule has 0 spiro atoms. The topological polar surface area (TPSA) is 83.8 Å². The third kappa shape index (κ3) is 30.2. The maximum absolute atomic E-state index is 9.00. The second-order valence-electron chi connectivity index (χ2n) is 3.59. The molecule has 2 rings (SSSR count). The van der Waals surface area contributed by atoms with Crippen LogP contribution in [-0.4, -0.2) is 22.2 Å². The molecule has 0 bridgehead atoms. The van der Waals surface area contributed by atoms with Gasteiger partial charge in [0.1, 0.15) is 0 Å². The molecule has 2 aromatic rings. The van der Waals surface area contributed by atoms with E-state index in [9.17, 15) is 0 Å². The van der Waals surface area contributed by atoms with Gasteiger partial charge in [-0.1, -0.05) is 27.7 Å². The molecule has 0 unspecified atom stereocenters. The van der Waals surface area contributed by atoms with E-state index in [2.05, 4.69) is 12.1 Å². The Morgan fingerprint density at radius 1 is 0.769 bits per heavy atom. The number of ether oxygens (including phenoxy) is 1. The quantitative estimate of drug-likeness (QED) is 0.622. The number of hydrogen-bond acceptors (Lipinski definition) is 3. The molecule has 0 aliphatic heterocycles. The molecule has 6 heteroatoms. The summed E-state index contributed by atoms with van der Waals surface area (Å²) in [6.07, 6.45) is 0. The van der Waals surface area contributed by atoms with Crippen molar-refractivity contribution in [2.45, 2.75) is 41.5 Å². The second kappa shape index (κ2) is 25.5. The average Bonchev–Trinajstić information content (AvgIpc) is 2.59. The third-order valence-electron chi connectivity index (χ3n) is 1.58. The van der Waals surface area contributed by atoms with Crippen molar-refractivity contribution in [3.8, 4) is 11.5 Å². The summed E-state index contributed by atoms with van der Waals surface area (Å²) in [6.45, 7) is 10.2. The SMILES string of the molecule is CC.CC.CC(=O)O.CC(=O)O.[Y].[c-]1ccccc1Oc1[c-]cccc1. The van der Waals surface area contributed by atoms with Crippen molar-refractivity contribution < 1.29 is 57.2 Å². The Hall–Kier alpha value is -1.72. The Morgan fingerprint density at radius 3 is 1.23 bits per heavy atom. The van der Waals surface area contributed by atoms with Crippen LogP contribution in [0.3, 0.4) is 0 Å². The molecular formula is C20H28O5Y-2. The number of para-hydroxylation sites is 2. The fraction of sp³-hybridized carbons (Fsp3) is 0.300. The smallest absolute Gasteiger partial charge is 0.300 e. The fourth-order valence-electron chi connectivity index (χ4n) is 0.999. The molecule has 0 saturated carbocycles. The monoisotopic (exact) mass is 437 g/mol. The van der Waals surface area contributed by atoms with Crippen molar-refractivity contribution in [2.75, 3.05) is 0 Å². The van der Waals surface area contributed by atoms with Gasteiger partial charge < -0.3 is 14.9 Å². The molecule has 26 heavy (non-hydrogen) atoms. The van der Waals surface area contributed by atoms with Crippen LogP contribution < -0.4 is 4.74 Å². The molecule has 0 aromatic heterocycles. The van der Waals surface area contributed by atoms with Crippen LogP contribution in [0.2, 0.25) is 0 Å². The minimum absolute atomic E-state index is 0. The first-order valence-corrected chi connectivity index (χ1v) is 7.92. The number of benzene rings is 2. The number of rotatable bonds is 2. The van der Waals surface area contributed by atoms with Crippen molar-refractivity contribution in [1.29, 1.82) is 0 Å². The summed E-state index contributed by atoms with van der Waals surface area (Å²) in [7, 11) is 0. The fourth-order valence-corrected chi connectivity index (χ4v) is 0.999. The van der Waals surface area contributed by atoms with E-state index < -0.39 is 11.9 Å². The van der Waals surface area contributed by atoms with E-state index in [-0.39, 0.29) is 32.7 Å². The predicted octanol–water partition coefficient (Wildman–Crippen LogP) is 5.31. The summed E-state index contributed by atoms with van der Waals surface area (Å²) in [5.74, 6) is -0.241. The maximum Gasteiger partial charge on any atom is 0.300 e. The largest absolute Gasteiger partial charge is 0.509 e. The van der Waals surface area contributed by atoms with Gasteiger partial charge in [0.2, 0.25) is 0 Å². The summed E-state index contributed by atoms with van der Waals surface area (Å²) in [5.41, 5.74) is 0. The molecule has 2 aromatic carbocycles. The summed E-state index contributed by atoms with van der Waals surface area (Å²) in [4.78, 5) is 18.0. The summed E-state index contributed by atoms with van der Waals surface area (Å²) in [5, 5.41) is 14.8. The molecule has 143 valence electrons. The maximum atomic E-state index is 9.00. The standard InChI is InChI=1S/C12H8O.2C2H4O2.2C2H6.Y/c1-3-7-11(8-4-1)13-12-9-5-2-6-10-12;2*1-2(3)4;2*1-2;/h1-7,9H;2*1H3,(H,3,4);2*1-2H3;/q-2;;;;;. The van der Waals surface area contributed by atoms with E-state index in [1.54, 1.807) is 0 Å². The Labute approximate surface area is 182 Å². The van der Waals surface area contributed by atoms with Crippen LogP contribution in [0, 0.1) is 12.1 Å². The molecule has 5 nitrogen and oxygen atoms in total. The molecular weight excluding hydrogens is 409 g/mol. The van der Waals surface area contributed by atoms with E-state index >= 15 is 0 Å². The van der Waals surface area contributed by atoms with Gasteiger partial charge >= 0.3 is 0 Å². The molecule has 0 amide bonds. The van der Waals surface area contributed by atoms with E-state index in [1.165, 1.54) is 0 Å². The van der Waals surface area contributed by atoms with Gasteiger partial charge in [0.05, 0.1) is 0 Å². The summed E-state index contributed by atoms with van der Waals surface area (Å²) >= 11 is 0. The van der Waals surface area contributed by atoms with Gasteiger partial charge in [0, 0.05) is 58.1 Å². The first-order chi connectivity index (χ1) is 11.9. The molecule has 0 heterocycles. The van der Waals surface area contributed by atoms with E-state index in [0.29, 0.717) is 11.5 Å². The number of carbonyl (C=O) groups is 2. The van der Waals surface area contributed by atoms with Gasteiger partial charge in [-0.05, 0) is 0 Å². The first-order valence-electron chi connectivity index (χ1n) is 7.92. The van der Waals surface area contributed by atoms with Crippen molar-refractivity contribution in [3.63, 3.8) is 0 Å². The molecule has 0 fully saturated rings. The Balaban J connectivity index is -0.000000158. The van der Waals surface area contributed by atoms with E-state index in [1.807, 2.05) is 76.2 Å². The number of carboxylic acid groups (broad SMARTS) is 2. The van der Waals surface area contributed by atoms with Crippen LogP contribution in [-0.2, 0) is 42.3 Å². The van der Waals surface area contributed by atoms with Gasteiger partial charge in [-0.2, -0.15) is 36.4 Å². The van der Waals surface area contributed by atoms with E-state index in [4.69, 9.17) is 24.5 Å². The minimum atomic E-state index is -0.833. The minimum Gasteiger partial charge on any atom is -0.509 e. The predicted molar refractivity (Wildman–Crippen MR) is 99.9 cm³/mol. The van der Waals surface area contributed by atoms with Crippen LogP contribution in [0.5, 0.6) is 11.5 Å². The summed E-state index contributed by atoms with van der Waals surface area (Å²) in [6, 6.07) is 20.9. The second-order valence-corrected chi connectivity index (χ2v) is 3.59. The number of carboxylic acids is 2. The van der Waals surface area contributed by atoms with Crippen molar-refractivity contribution in [3.05, 3.63) is 60.7 Å². The molecule has 1 radical (unpaired) electrons. The first kappa shape index (κ1) is 32.0. The zero-order valence-corrected chi connectivity index (χ0v) is 19.2. The normalized spacial score (nSPS) is 7.15. The van der Waals surface area contributed by atoms with Crippen molar-refractivity contribution in [1.82, 2.24) is 0 Å². The zero-order valence-electron chi connectivity index (χ0n) is 16.3. The Morgan fingerprint density at radius 2 is 1.04 bits per heavy atom. The van der Waals surface area contributed by atoms with E-state index in [0.717, 1.165) is 13.8 Å². The molecule has 0 atom stereocenters. The van der Waals surface area contributed by atoms with Gasteiger partial charge in [-0.15, -0.1) is 24.3 Å². The Kier molecular flexibility index (Phi) is 31.4. The van der Waals surface area contributed by atoms with Crippen LogP contribution >= 0.6 is 0 Å². The zero-order chi connectivity index (χ0) is 20.1. The molecule has 0 aliphatic rings. The van der Waals surface area contributed by atoms with Crippen molar-refractivity contribution in [2.24, 2.45) is 0 Å². The summed E-state index contributed by atoms with van der Waals surface area (Å²) < 4.78 is 5.47.